The number of anilines is 1. The van der Waals surface area contributed by atoms with E-state index in [9.17, 15) is 0 Å². The second-order valence-electron chi connectivity index (χ2n) is 4.30. The van der Waals surface area contributed by atoms with Crippen molar-refractivity contribution in [2.45, 2.75) is 6.92 Å². The minimum absolute atomic E-state index is 0.274. The van der Waals surface area contributed by atoms with E-state index >= 15 is 0 Å². The van der Waals surface area contributed by atoms with E-state index < -0.39 is 0 Å². The Bertz CT molecular complexity index is 689. The third-order valence-corrected chi connectivity index (χ3v) is 2.97. The molecule has 2 rings (SSSR count). The molecule has 0 amide bonds. The molecule has 2 aromatic heterocycles. The van der Waals surface area contributed by atoms with Gasteiger partial charge in [-0.25, -0.2) is 0 Å². The van der Waals surface area contributed by atoms with Crippen LogP contribution >= 0.6 is 24.4 Å². The average Bonchev–Trinajstić information content (AvgIpc) is 2.59. The summed E-state index contributed by atoms with van der Waals surface area (Å²) < 4.78 is 0. The van der Waals surface area contributed by atoms with Crippen LogP contribution in [0.4, 0.5) is 5.69 Å². The number of rotatable bonds is 3. The predicted octanol–water partition coefficient (Wildman–Crippen LogP) is 1.57. The lowest BCUT2D eigenvalue weighted by atomic mass is 10.3. The number of hydrogen-bond acceptors (Lipinski definition) is 5. The molecule has 0 radical (unpaired) electrons. The molecule has 9 heteroatoms. The zero-order valence-corrected chi connectivity index (χ0v) is 13.9. The maximum absolute atomic E-state index is 5.12. The molecule has 0 fully saturated rings. The van der Waals surface area contributed by atoms with E-state index in [1.807, 2.05) is 31.2 Å². The van der Waals surface area contributed by atoms with Crippen LogP contribution in [-0.4, -0.2) is 25.9 Å². The first-order valence-corrected chi connectivity index (χ1v) is 7.45. The van der Waals surface area contributed by atoms with Gasteiger partial charge in [-0.2, -0.15) is 5.10 Å². The summed E-state index contributed by atoms with van der Waals surface area (Å²) in [4.78, 5) is 8.17. The zero-order chi connectivity index (χ0) is 16.5. The molecule has 2 heterocycles. The number of pyridine rings is 2. The molecule has 23 heavy (non-hydrogen) atoms. The second kappa shape index (κ2) is 8.71. The van der Waals surface area contributed by atoms with Gasteiger partial charge in [-0.3, -0.25) is 26.2 Å². The monoisotopic (exact) mass is 345 g/mol. The Hall–Kier alpha value is -2.65. The molecular weight excluding hydrogens is 330 g/mol. The van der Waals surface area contributed by atoms with E-state index in [0.717, 1.165) is 11.4 Å². The van der Waals surface area contributed by atoms with Crippen LogP contribution < -0.4 is 21.6 Å². The summed E-state index contributed by atoms with van der Waals surface area (Å²) in [6.07, 6.45) is 5.04. The Morgan fingerprint density at radius 1 is 1.04 bits per heavy atom. The summed E-state index contributed by atoms with van der Waals surface area (Å²) in [6.45, 7) is 1.83. The molecule has 0 unspecified atom stereocenters. The van der Waals surface area contributed by atoms with Crippen molar-refractivity contribution < 1.29 is 0 Å². The van der Waals surface area contributed by atoms with Gasteiger partial charge in [0, 0.05) is 12.4 Å². The lowest BCUT2D eigenvalue weighted by molar-refractivity contribution is 0.834. The summed E-state index contributed by atoms with van der Waals surface area (Å²) in [5.74, 6) is 0. The van der Waals surface area contributed by atoms with Crippen LogP contribution in [0.1, 0.15) is 12.6 Å². The number of nitrogens with zero attached hydrogens (tertiary/aromatic N) is 3. The number of aromatic nitrogens is 2. The smallest absolute Gasteiger partial charge is 0.205 e. The highest BCUT2D eigenvalue weighted by Gasteiger charge is 2.00. The van der Waals surface area contributed by atoms with Crippen molar-refractivity contribution in [2.75, 3.05) is 5.32 Å². The number of hydrazone groups is 1. The zero-order valence-electron chi connectivity index (χ0n) is 12.3. The maximum Gasteiger partial charge on any atom is 0.205 e. The minimum atomic E-state index is 0.274. The first kappa shape index (κ1) is 16.7. The van der Waals surface area contributed by atoms with Crippen molar-refractivity contribution in [1.29, 1.82) is 0 Å². The van der Waals surface area contributed by atoms with Gasteiger partial charge in [0.05, 0.1) is 23.3 Å². The van der Waals surface area contributed by atoms with Crippen LogP contribution in [0.5, 0.6) is 0 Å². The van der Waals surface area contributed by atoms with Gasteiger partial charge in [-0.05, 0) is 55.6 Å². The van der Waals surface area contributed by atoms with Gasteiger partial charge < -0.3 is 5.32 Å². The normalized spacial score (nSPS) is 10.6. The van der Waals surface area contributed by atoms with Crippen LogP contribution in [0.25, 0.3) is 0 Å². The number of nitrogens with one attached hydrogen (secondary N) is 4. The van der Waals surface area contributed by atoms with Crippen molar-refractivity contribution >= 4 is 46.1 Å². The van der Waals surface area contributed by atoms with E-state index in [0.29, 0.717) is 10.8 Å². The lowest BCUT2D eigenvalue weighted by Gasteiger charge is -2.12. The van der Waals surface area contributed by atoms with E-state index in [2.05, 4.69) is 36.7 Å². The molecule has 118 valence electrons. The summed E-state index contributed by atoms with van der Waals surface area (Å²) in [6, 6.07) is 9.25. The Kier molecular flexibility index (Phi) is 6.33. The highest BCUT2D eigenvalue weighted by molar-refractivity contribution is 7.80. The highest BCUT2D eigenvalue weighted by Crippen LogP contribution is 2.01. The molecule has 0 aliphatic heterocycles. The molecule has 0 saturated heterocycles. The number of hydrazine groups is 1. The van der Waals surface area contributed by atoms with Gasteiger partial charge in [0.2, 0.25) is 5.11 Å². The molecule has 0 saturated carbocycles. The highest BCUT2D eigenvalue weighted by atomic mass is 32.1. The lowest BCUT2D eigenvalue weighted by Crippen LogP contribution is -2.47. The molecular formula is C14H15N7S2. The van der Waals surface area contributed by atoms with Crippen molar-refractivity contribution in [3.05, 3.63) is 54.6 Å². The fraction of sp³-hybridized carbons (Fsp3) is 0.0714. The minimum Gasteiger partial charge on any atom is -0.330 e. The van der Waals surface area contributed by atoms with Gasteiger partial charge >= 0.3 is 0 Å². The molecule has 7 nitrogen and oxygen atoms in total. The van der Waals surface area contributed by atoms with E-state index in [-0.39, 0.29) is 5.11 Å². The Morgan fingerprint density at radius 2 is 1.87 bits per heavy atom. The molecule has 0 aromatic carbocycles. The van der Waals surface area contributed by atoms with Crippen LogP contribution in [-0.2, 0) is 0 Å². The SMILES string of the molecule is C/C(=N\NC(=S)NNC(=S)Nc1cccnc1)c1ccccn1. The first-order valence-electron chi connectivity index (χ1n) is 6.64. The van der Waals surface area contributed by atoms with Crippen molar-refractivity contribution in [2.24, 2.45) is 5.10 Å². The quantitative estimate of drug-likeness (QED) is 0.379. The third-order valence-electron chi connectivity index (χ3n) is 2.57. The Balaban J connectivity index is 1.76. The summed E-state index contributed by atoms with van der Waals surface area (Å²) in [5, 5.41) is 7.72. The van der Waals surface area contributed by atoms with Crippen LogP contribution in [0.2, 0.25) is 0 Å². The first-order chi connectivity index (χ1) is 11.1. The molecule has 4 N–H and O–H groups in total. The molecule has 0 atom stereocenters. The van der Waals surface area contributed by atoms with Gasteiger partial charge in [0.15, 0.2) is 5.11 Å². The Labute approximate surface area is 144 Å². The van der Waals surface area contributed by atoms with Gasteiger partial charge in [0.1, 0.15) is 0 Å². The summed E-state index contributed by atoms with van der Waals surface area (Å²) >= 11 is 10.2. The number of hydrogen-bond donors (Lipinski definition) is 4. The third kappa shape index (κ3) is 5.93. The van der Waals surface area contributed by atoms with Gasteiger partial charge in [-0.15, -0.1) is 0 Å². The standard InChI is InChI=1S/C14H15N7S2/c1-10(12-6-2-3-8-16-12)18-20-14(23)21-19-13(22)17-11-5-4-7-15-9-11/h2-9H,1H3,(H2,17,19,22)(H2,20,21,23)/b18-10+. The topological polar surface area (TPSA) is 86.3 Å². The fourth-order valence-electron chi connectivity index (χ4n) is 1.51. The Morgan fingerprint density at radius 3 is 2.57 bits per heavy atom. The van der Waals surface area contributed by atoms with E-state index in [1.165, 1.54) is 0 Å². The van der Waals surface area contributed by atoms with Crippen LogP contribution in [0.15, 0.2) is 54.0 Å². The molecule has 0 bridgehead atoms. The van der Waals surface area contributed by atoms with Gasteiger partial charge in [-0.1, -0.05) is 6.07 Å². The van der Waals surface area contributed by atoms with Crippen molar-refractivity contribution in [3.63, 3.8) is 0 Å². The molecule has 0 spiro atoms. The predicted molar refractivity (Wildman–Crippen MR) is 98.9 cm³/mol. The molecule has 0 aliphatic carbocycles. The number of thiocarbonyl (C=S) groups is 2. The summed E-state index contributed by atoms with van der Waals surface area (Å²) in [5.41, 5.74) is 10.4. The van der Waals surface area contributed by atoms with Crippen molar-refractivity contribution in [3.8, 4) is 0 Å². The van der Waals surface area contributed by atoms with E-state index in [4.69, 9.17) is 24.4 Å². The molecule has 0 aliphatic rings. The average molecular weight is 345 g/mol. The van der Waals surface area contributed by atoms with Crippen LogP contribution in [0.3, 0.4) is 0 Å². The fourth-order valence-corrected chi connectivity index (χ4v) is 1.77. The summed E-state index contributed by atoms with van der Waals surface area (Å²) in [7, 11) is 0. The molecule has 2 aromatic rings. The van der Waals surface area contributed by atoms with Gasteiger partial charge in [0.25, 0.3) is 0 Å². The van der Waals surface area contributed by atoms with Crippen molar-refractivity contribution in [1.82, 2.24) is 26.2 Å². The largest absolute Gasteiger partial charge is 0.330 e. The van der Waals surface area contributed by atoms with Crippen LogP contribution in [0, 0.1) is 0 Å². The maximum atomic E-state index is 5.12. The van der Waals surface area contributed by atoms with E-state index in [1.54, 1.807) is 24.7 Å². The second-order valence-corrected chi connectivity index (χ2v) is 5.12.